The van der Waals surface area contributed by atoms with Crippen molar-refractivity contribution >= 4 is 42.2 Å². The number of hydrogen-bond donors (Lipinski definition) is 1. The molecular formula is C31H29BClN7O2+. The van der Waals surface area contributed by atoms with Crippen LogP contribution in [0.2, 0.25) is 0 Å². The average Bonchev–Trinajstić information content (AvgIpc) is 3.79. The van der Waals surface area contributed by atoms with Gasteiger partial charge in [0, 0.05) is 23.0 Å². The summed E-state index contributed by atoms with van der Waals surface area (Å²) in [6.45, 7) is 2.41. The number of piperidine rings is 1. The molecule has 3 aliphatic heterocycles. The summed E-state index contributed by atoms with van der Waals surface area (Å²) in [4.78, 5) is 14.1. The van der Waals surface area contributed by atoms with Crippen LogP contribution in [0.25, 0.3) is 11.4 Å². The SMILES string of the molecule is O=C(CCl)Nc1ccc(C2=C3C=CC(=[N+]4CCCCC4)N3[B]n3c2ccc3-n2cc(COc3ccccc3)nn2)cc1. The average molecular weight is 578 g/mol. The number of amides is 1. The zero-order valence-corrected chi connectivity index (χ0v) is 23.7. The molecule has 0 spiro atoms. The minimum absolute atomic E-state index is 0.0829. The zero-order valence-electron chi connectivity index (χ0n) is 23.0. The van der Waals surface area contributed by atoms with Crippen LogP contribution < -0.4 is 10.1 Å². The topological polar surface area (TPSA) is 80.2 Å². The minimum Gasteiger partial charge on any atom is -0.487 e. The Morgan fingerprint density at radius 2 is 1.81 bits per heavy atom. The van der Waals surface area contributed by atoms with Crippen molar-refractivity contribution in [3.63, 3.8) is 0 Å². The van der Waals surface area contributed by atoms with E-state index in [9.17, 15) is 4.79 Å². The van der Waals surface area contributed by atoms with Gasteiger partial charge in [-0.2, -0.15) is 0 Å². The van der Waals surface area contributed by atoms with E-state index in [1.54, 1.807) is 4.68 Å². The smallest absolute Gasteiger partial charge is 0.487 e. The van der Waals surface area contributed by atoms with E-state index >= 15 is 0 Å². The summed E-state index contributed by atoms with van der Waals surface area (Å²) in [5.41, 5.74) is 5.73. The lowest BCUT2D eigenvalue weighted by Crippen LogP contribution is -2.43. The fourth-order valence-electron chi connectivity index (χ4n) is 5.70. The normalized spacial score (nSPS) is 15.9. The monoisotopic (exact) mass is 577 g/mol. The molecule has 0 saturated carbocycles. The van der Waals surface area contributed by atoms with Crippen molar-refractivity contribution in [2.45, 2.75) is 25.9 Å². The molecule has 1 saturated heterocycles. The number of hydrogen-bond acceptors (Lipinski definition) is 4. The van der Waals surface area contributed by atoms with Crippen molar-refractivity contribution in [2.24, 2.45) is 0 Å². The number of benzene rings is 2. The standard InChI is InChI=1S/C31H28BClN7O2/c33-19-28(41)34-23-11-9-22(10-12-23)31-26-13-15-29(37-17-5-2-6-18-37)39(26)32-40-27(31)14-16-30(40)38-20-24(35-36-38)21-42-25-7-3-1-4-8-25/h1,3-4,7-16,20H,2,5-6,17-19,21H2/p+1. The van der Waals surface area contributed by atoms with Gasteiger partial charge < -0.3 is 14.5 Å². The molecule has 9 nitrogen and oxygen atoms in total. The highest BCUT2D eigenvalue weighted by molar-refractivity contribution is 6.40. The number of ether oxygens (including phenoxy) is 1. The van der Waals surface area contributed by atoms with E-state index in [1.807, 2.05) is 60.8 Å². The Morgan fingerprint density at radius 3 is 2.60 bits per heavy atom. The summed E-state index contributed by atoms with van der Waals surface area (Å²) in [5, 5.41) is 11.6. The van der Waals surface area contributed by atoms with Crippen LogP contribution in [0.5, 0.6) is 5.75 Å². The lowest BCUT2D eigenvalue weighted by molar-refractivity contribution is -0.539. The molecule has 0 unspecified atom stereocenters. The van der Waals surface area contributed by atoms with Gasteiger partial charge in [0.05, 0.1) is 19.3 Å². The van der Waals surface area contributed by atoms with Crippen molar-refractivity contribution in [1.29, 1.82) is 0 Å². The van der Waals surface area contributed by atoms with Crippen molar-refractivity contribution in [2.75, 3.05) is 24.3 Å². The maximum atomic E-state index is 11.8. The molecule has 4 aromatic rings. The molecule has 1 amide bonds. The number of anilines is 1. The fraction of sp³-hybridized carbons (Fsp3) is 0.226. The molecule has 1 fully saturated rings. The number of halogens is 1. The second-order valence-corrected chi connectivity index (χ2v) is 10.7. The highest BCUT2D eigenvalue weighted by Gasteiger charge is 2.40. The predicted molar refractivity (Wildman–Crippen MR) is 163 cm³/mol. The van der Waals surface area contributed by atoms with E-state index in [0.717, 1.165) is 52.9 Å². The van der Waals surface area contributed by atoms with Crippen LogP contribution in [0.15, 0.2) is 90.8 Å². The number of amidine groups is 1. The Kier molecular flexibility index (Phi) is 7.13. The number of carbonyl (C=O) groups excluding carboxylic acids is 1. The third-order valence-corrected chi connectivity index (χ3v) is 7.94. The first-order valence-corrected chi connectivity index (χ1v) is 14.7. The molecule has 42 heavy (non-hydrogen) atoms. The Morgan fingerprint density at radius 1 is 1.00 bits per heavy atom. The third kappa shape index (κ3) is 5.03. The third-order valence-electron chi connectivity index (χ3n) is 7.70. The second kappa shape index (κ2) is 11.4. The number of allylic oxidation sites excluding steroid dienone is 1. The number of carbonyl (C=O) groups is 1. The largest absolute Gasteiger partial charge is 0.553 e. The molecule has 7 rings (SSSR count). The number of aromatic nitrogens is 4. The Hall–Kier alpha value is -4.57. The molecule has 0 aliphatic carbocycles. The molecule has 3 aliphatic rings. The van der Waals surface area contributed by atoms with Crippen molar-refractivity contribution in [3.05, 3.63) is 108 Å². The Labute approximate surface area is 249 Å². The van der Waals surface area contributed by atoms with Gasteiger partial charge in [-0.15, -0.1) is 16.7 Å². The van der Waals surface area contributed by atoms with Crippen molar-refractivity contribution < 1.29 is 14.1 Å². The molecule has 5 heterocycles. The Balaban J connectivity index is 1.25. The van der Waals surface area contributed by atoms with E-state index < -0.39 is 0 Å². The number of para-hydroxylation sites is 1. The van der Waals surface area contributed by atoms with Crippen LogP contribution in [-0.2, 0) is 11.4 Å². The maximum absolute atomic E-state index is 11.8. The fourth-order valence-corrected chi connectivity index (χ4v) is 5.77. The lowest BCUT2D eigenvalue weighted by atomic mass is 9.91. The van der Waals surface area contributed by atoms with Gasteiger partial charge in [-0.3, -0.25) is 14.2 Å². The van der Waals surface area contributed by atoms with E-state index in [4.69, 9.17) is 16.3 Å². The Bertz CT molecular complexity index is 1720. The summed E-state index contributed by atoms with van der Waals surface area (Å²) in [7, 11) is 2.14. The highest BCUT2D eigenvalue weighted by Crippen LogP contribution is 2.37. The van der Waals surface area contributed by atoms with Crippen LogP contribution >= 0.6 is 11.6 Å². The van der Waals surface area contributed by atoms with Crippen LogP contribution in [0, 0.1) is 0 Å². The first-order valence-electron chi connectivity index (χ1n) is 14.1. The van der Waals surface area contributed by atoms with Crippen LogP contribution in [0.4, 0.5) is 5.69 Å². The van der Waals surface area contributed by atoms with E-state index in [0.29, 0.717) is 12.3 Å². The van der Waals surface area contributed by atoms with Crippen LogP contribution in [0.1, 0.15) is 36.2 Å². The van der Waals surface area contributed by atoms with Gasteiger partial charge in [0.1, 0.15) is 35.4 Å². The van der Waals surface area contributed by atoms with E-state index in [2.05, 4.69) is 61.3 Å². The second-order valence-electron chi connectivity index (χ2n) is 10.4. The molecule has 0 bridgehead atoms. The quantitative estimate of drug-likeness (QED) is 0.200. The molecule has 11 heteroatoms. The van der Waals surface area contributed by atoms with E-state index in [1.165, 1.54) is 25.1 Å². The number of alkyl halides is 1. The number of nitrogens with one attached hydrogen (secondary N) is 1. The van der Waals surface area contributed by atoms with Gasteiger partial charge in [-0.05, 0) is 67.3 Å². The van der Waals surface area contributed by atoms with Gasteiger partial charge >= 0.3 is 7.55 Å². The van der Waals surface area contributed by atoms with Gasteiger partial charge in [-0.25, -0.2) is 4.68 Å². The molecule has 209 valence electrons. The van der Waals surface area contributed by atoms with Gasteiger partial charge in [0.2, 0.25) is 5.91 Å². The molecule has 2 aromatic carbocycles. The lowest BCUT2D eigenvalue weighted by Gasteiger charge is -2.27. The number of nitrogens with zero attached hydrogens (tertiary/aromatic N) is 6. The summed E-state index contributed by atoms with van der Waals surface area (Å²) in [6, 6.07) is 21.8. The number of fused-ring (bicyclic) bond motifs is 2. The summed E-state index contributed by atoms with van der Waals surface area (Å²) in [6.07, 6.45) is 9.98. The van der Waals surface area contributed by atoms with Gasteiger partial charge in [0.25, 0.3) is 5.84 Å². The summed E-state index contributed by atoms with van der Waals surface area (Å²) < 4.78 is 12.3. The van der Waals surface area contributed by atoms with Crippen LogP contribution in [-0.4, -0.2) is 67.1 Å². The maximum Gasteiger partial charge on any atom is 0.553 e. The van der Waals surface area contributed by atoms with Crippen molar-refractivity contribution in [3.8, 4) is 11.6 Å². The molecule has 0 atom stereocenters. The van der Waals surface area contributed by atoms with Crippen LogP contribution in [0.3, 0.4) is 0 Å². The minimum atomic E-state index is -0.232. The predicted octanol–water partition coefficient (Wildman–Crippen LogP) is 4.45. The first kappa shape index (κ1) is 26.3. The first-order chi connectivity index (χ1) is 20.7. The molecule has 1 radical (unpaired) electrons. The highest BCUT2D eigenvalue weighted by atomic mass is 35.5. The van der Waals surface area contributed by atoms with Gasteiger partial charge in [0.15, 0.2) is 0 Å². The zero-order chi connectivity index (χ0) is 28.5. The summed E-state index contributed by atoms with van der Waals surface area (Å²) in [5.74, 6) is 2.52. The van der Waals surface area contributed by atoms with Crippen molar-refractivity contribution in [1.82, 2.24) is 24.3 Å². The number of rotatable bonds is 7. The molecular weight excluding hydrogens is 549 g/mol. The molecule has 2 aromatic heterocycles. The summed E-state index contributed by atoms with van der Waals surface area (Å²) >= 11 is 5.69. The van der Waals surface area contributed by atoms with E-state index in [-0.39, 0.29) is 11.8 Å². The van der Waals surface area contributed by atoms with Gasteiger partial charge in [-0.1, -0.05) is 35.5 Å². The molecule has 1 N–H and O–H groups in total.